The van der Waals surface area contributed by atoms with Crippen LogP contribution in [0, 0.1) is 11.6 Å². The molecule has 0 aliphatic rings. The molecule has 0 aliphatic carbocycles. The SMILES string of the molecule is CS(=O)CCNCc1cc(F)ccc1F. The highest BCUT2D eigenvalue weighted by Gasteiger charge is 2.02. The summed E-state index contributed by atoms with van der Waals surface area (Å²) in [5, 5.41) is 2.90. The lowest BCUT2D eigenvalue weighted by atomic mass is 10.2. The van der Waals surface area contributed by atoms with Gasteiger partial charge in [-0.15, -0.1) is 0 Å². The Morgan fingerprint density at radius 1 is 1.40 bits per heavy atom. The Morgan fingerprint density at radius 3 is 2.80 bits per heavy atom. The third-order valence-corrected chi connectivity index (χ3v) is 2.67. The molecule has 1 N–H and O–H groups in total. The maximum atomic E-state index is 13.1. The molecule has 1 aromatic carbocycles. The van der Waals surface area contributed by atoms with Gasteiger partial charge in [0.2, 0.25) is 0 Å². The lowest BCUT2D eigenvalue weighted by Crippen LogP contribution is -2.20. The number of nitrogens with one attached hydrogen (secondary N) is 1. The van der Waals surface area contributed by atoms with Crippen LogP contribution in [-0.2, 0) is 17.3 Å². The van der Waals surface area contributed by atoms with Crippen molar-refractivity contribution in [1.29, 1.82) is 0 Å². The average molecular weight is 233 g/mol. The average Bonchev–Trinajstić information content (AvgIpc) is 2.17. The molecule has 1 rings (SSSR count). The Hall–Kier alpha value is -0.810. The molecular formula is C10H13F2NOS. The molecule has 0 spiro atoms. The Morgan fingerprint density at radius 2 is 2.13 bits per heavy atom. The largest absolute Gasteiger partial charge is 0.312 e. The van der Waals surface area contributed by atoms with E-state index in [1.165, 1.54) is 0 Å². The van der Waals surface area contributed by atoms with Gasteiger partial charge in [0, 0.05) is 41.5 Å². The van der Waals surface area contributed by atoms with Crippen molar-refractivity contribution in [3.63, 3.8) is 0 Å². The van der Waals surface area contributed by atoms with Crippen LogP contribution >= 0.6 is 0 Å². The molecule has 0 saturated heterocycles. The summed E-state index contributed by atoms with van der Waals surface area (Å²) in [5.74, 6) is -0.370. The second kappa shape index (κ2) is 5.92. The predicted octanol–water partition coefficient (Wildman–Crippen LogP) is 1.43. The van der Waals surface area contributed by atoms with E-state index in [1.807, 2.05) is 0 Å². The summed E-state index contributed by atoms with van der Waals surface area (Å²) in [6.45, 7) is 0.778. The highest BCUT2D eigenvalue weighted by molar-refractivity contribution is 7.84. The van der Waals surface area contributed by atoms with Crippen LogP contribution in [0.15, 0.2) is 18.2 Å². The van der Waals surface area contributed by atoms with Gasteiger partial charge in [-0.1, -0.05) is 0 Å². The molecule has 15 heavy (non-hydrogen) atoms. The lowest BCUT2D eigenvalue weighted by molar-refractivity contribution is 0.572. The van der Waals surface area contributed by atoms with Crippen molar-refractivity contribution in [2.45, 2.75) is 6.54 Å². The van der Waals surface area contributed by atoms with E-state index in [9.17, 15) is 13.0 Å². The molecule has 1 unspecified atom stereocenters. The van der Waals surface area contributed by atoms with Gasteiger partial charge in [-0.2, -0.15) is 0 Å². The first-order valence-corrected chi connectivity index (χ1v) is 6.27. The number of hydrogen-bond donors (Lipinski definition) is 1. The van der Waals surface area contributed by atoms with Crippen LogP contribution in [0.3, 0.4) is 0 Å². The van der Waals surface area contributed by atoms with E-state index in [-0.39, 0.29) is 12.1 Å². The molecule has 0 saturated carbocycles. The third kappa shape index (κ3) is 4.48. The quantitative estimate of drug-likeness (QED) is 0.780. The zero-order chi connectivity index (χ0) is 11.3. The Labute approximate surface area is 90.1 Å². The molecule has 0 amide bonds. The molecule has 5 heteroatoms. The minimum absolute atomic E-state index is 0.251. The first-order valence-electron chi connectivity index (χ1n) is 4.54. The summed E-state index contributed by atoms with van der Waals surface area (Å²) in [6.07, 6.45) is 1.60. The highest BCUT2D eigenvalue weighted by Crippen LogP contribution is 2.08. The van der Waals surface area contributed by atoms with Crippen LogP contribution in [0.25, 0.3) is 0 Å². The number of benzene rings is 1. The normalized spacial score (nSPS) is 12.7. The van der Waals surface area contributed by atoms with Crippen molar-refractivity contribution < 1.29 is 13.0 Å². The van der Waals surface area contributed by atoms with E-state index in [1.54, 1.807) is 6.26 Å². The van der Waals surface area contributed by atoms with Crippen molar-refractivity contribution in [1.82, 2.24) is 5.32 Å². The highest BCUT2D eigenvalue weighted by atomic mass is 32.2. The predicted molar refractivity (Wildman–Crippen MR) is 57.0 cm³/mol. The first kappa shape index (κ1) is 12.3. The van der Waals surface area contributed by atoms with Crippen molar-refractivity contribution in [3.8, 4) is 0 Å². The molecule has 2 nitrogen and oxygen atoms in total. The van der Waals surface area contributed by atoms with E-state index < -0.39 is 22.4 Å². The topological polar surface area (TPSA) is 29.1 Å². The second-order valence-corrected chi connectivity index (χ2v) is 4.74. The summed E-state index contributed by atoms with van der Waals surface area (Å²) in [7, 11) is -0.864. The molecule has 1 atom stereocenters. The van der Waals surface area contributed by atoms with Gasteiger partial charge in [0.05, 0.1) is 0 Å². The van der Waals surface area contributed by atoms with E-state index in [4.69, 9.17) is 0 Å². The molecule has 84 valence electrons. The van der Waals surface area contributed by atoms with Gasteiger partial charge in [0.15, 0.2) is 0 Å². The third-order valence-electron chi connectivity index (χ3n) is 1.89. The number of halogens is 2. The molecule has 0 aromatic heterocycles. The smallest absolute Gasteiger partial charge is 0.127 e. The van der Waals surface area contributed by atoms with Crippen LogP contribution in [0.1, 0.15) is 5.56 Å². The van der Waals surface area contributed by atoms with E-state index in [0.717, 1.165) is 18.2 Å². The van der Waals surface area contributed by atoms with E-state index >= 15 is 0 Å². The monoisotopic (exact) mass is 233 g/mol. The fraction of sp³-hybridized carbons (Fsp3) is 0.400. The van der Waals surface area contributed by atoms with Crippen LogP contribution in [0.4, 0.5) is 8.78 Å². The zero-order valence-electron chi connectivity index (χ0n) is 8.43. The Balaban J connectivity index is 2.43. The maximum absolute atomic E-state index is 13.1. The van der Waals surface area contributed by atoms with Crippen molar-refractivity contribution >= 4 is 10.8 Å². The molecular weight excluding hydrogens is 220 g/mol. The van der Waals surface area contributed by atoms with Crippen LogP contribution in [0.2, 0.25) is 0 Å². The van der Waals surface area contributed by atoms with Gasteiger partial charge in [0.25, 0.3) is 0 Å². The van der Waals surface area contributed by atoms with Crippen molar-refractivity contribution in [3.05, 3.63) is 35.4 Å². The zero-order valence-corrected chi connectivity index (χ0v) is 9.24. The summed E-state index contributed by atoms with van der Waals surface area (Å²) < 4.78 is 36.5. The minimum atomic E-state index is -0.864. The summed E-state index contributed by atoms with van der Waals surface area (Å²) in [6, 6.07) is 3.34. The van der Waals surface area contributed by atoms with Crippen LogP contribution in [-0.4, -0.2) is 22.8 Å². The second-order valence-electron chi connectivity index (χ2n) is 3.19. The lowest BCUT2D eigenvalue weighted by Gasteiger charge is -2.05. The van der Waals surface area contributed by atoms with E-state index in [0.29, 0.717) is 12.3 Å². The van der Waals surface area contributed by atoms with Gasteiger partial charge in [-0.3, -0.25) is 4.21 Å². The number of hydrogen-bond acceptors (Lipinski definition) is 2. The molecule has 0 fully saturated rings. The van der Waals surface area contributed by atoms with Crippen LogP contribution in [0.5, 0.6) is 0 Å². The van der Waals surface area contributed by atoms with Crippen molar-refractivity contribution in [2.75, 3.05) is 18.6 Å². The fourth-order valence-corrected chi connectivity index (χ4v) is 1.55. The Bertz CT molecular complexity index is 357. The molecule has 0 aliphatic heterocycles. The molecule has 0 bridgehead atoms. The van der Waals surface area contributed by atoms with Gasteiger partial charge in [0.1, 0.15) is 11.6 Å². The standard InChI is InChI=1S/C10H13F2NOS/c1-15(14)5-4-13-7-8-6-9(11)2-3-10(8)12/h2-3,6,13H,4-5,7H2,1H3. The molecule has 1 aromatic rings. The first-order chi connectivity index (χ1) is 7.09. The number of rotatable bonds is 5. The van der Waals surface area contributed by atoms with Gasteiger partial charge >= 0.3 is 0 Å². The van der Waals surface area contributed by atoms with Gasteiger partial charge in [-0.25, -0.2) is 8.78 Å². The van der Waals surface area contributed by atoms with Gasteiger partial charge < -0.3 is 5.32 Å². The fourth-order valence-electron chi connectivity index (χ4n) is 1.12. The van der Waals surface area contributed by atoms with Gasteiger partial charge in [-0.05, 0) is 18.2 Å². The summed E-state index contributed by atoms with van der Waals surface area (Å²) in [5.41, 5.74) is 0.289. The molecule has 0 heterocycles. The van der Waals surface area contributed by atoms with Crippen LogP contribution < -0.4 is 5.32 Å². The maximum Gasteiger partial charge on any atom is 0.127 e. The summed E-state index contributed by atoms with van der Waals surface area (Å²) in [4.78, 5) is 0. The Kier molecular flexibility index (Phi) is 4.84. The molecule has 0 radical (unpaired) electrons. The minimum Gasteiger partial charge on any atom is -0.312 e. The van der Waals surface area contributed by atoms with Crippen molar-refractivity contribution in [2.24, 2.45) is 0 Å². The summed E-state index contributed by atoms with van der Waals surface area (Å²) >= 11 is 0. The van der Waals surface area contributed by atoms with E-state index in [2.05, 4.69) is 5.32 Å².